The van der Waals surface area contributed by atoms with Crippen molar-refractivity contribution in [2.24, 2.45) is 17.6 Å². The predicted molar refractivity (Wildman–Crippen MR) is 108 cm³/mol. The van der Waals surface area contributed by atoms with E-state index < -0.39 is 41.7 Å². The van der Waals surface area contributed by atoms with Crippen LogP contribution in [0.1, 0.15) is 19.3 Å². The highest BCUT2D eigenvalue weighted by atomic mass is 35.5. The number of aliphatic hydroxyl groups excluding tert-OH is 1. The first kappa shape index (κ1) is 21.6. The second-order valence-corrected chi connectivity index (χ2v) is 10.2. The van der Waals surface area contributed by atoms with E-state index in [1.807, 2.05) is 16.5 Å². The molecule has 9 nitrogen and oxygen atoms in total. The van der Waals surface area contributed by atoms with Crippen LogP contribution in [0.25, 0.3) is 11.0 Å². The van der Waals surface area contributed by atoms with Crippen molar-refractivity contribution in [2.75, 3.05) is 31.1 Å². The van der Waals surface area contributed by atoms with Crippen molar-refractivity contribution in [3.05, 3.63) is 17.5 Å². The van der Waals surface area contributed by atoms with Crippen LogP contribution < -0.4 is 10.0 Å². The summed E-state index contributed by atoms with van der Waals surface area (Å²) in [5.74, 6) is -2.64. The Morgan fingerprint density at radius 2 is 2.07 bits per heavy atom. The molecule has 2 fully saturated rings. The van der Waals surface area contributed by atoms with E-state index in [-0.39, 0.29) is 5.41 Å². The van der Waals surface area contributed by atoms with Crippen molar-refractivity contribution in [1.82, 2.24) is 18.8 Å². The number of nitrogens with zero attached hydrogens (tertiary/aromatic N) is 5. The maximum Gasteiger partial charge on any atom is 0.277 e. The summed E-state index contributed by atoms with van der Waals surface area (Å²) in [6, 6.07) is -0.586. The number of aryl methyl sites for hydroxylation is 1. The maximum atomic E-state index is 13.9. The smallest absolute Gasteiger partial charge is 0.277 e. The predicted octanol–water partition coefficient (Wildman–Crippen LogP) is 1.11. The van der Waals surface area contributed by atoms with Crippen LogP contribution in [0, 0.1) is 5.41 Å². The summed E-state index contributed by atoms with van der Waals surface area (Å²) >= 11 is 6.33. The van der Waals surface area contributed by atoms with Gasteiger partial charge in [-0.1, -0.05) is 11.6 Å². The van der Waals surface area contributed by atoms with Crippen molar-refractivity contribution in [2.45, 2.75) is 31.2 Å². The Kier molecular flexibility index (Phi) is 5.21. The number of alkyl halides is 2. The Balaban J connectivity index is 1.45. The molecule has 1 saturated carbocycles. The molecule has 0 radical (unpaired) electrons. The lowest BCUT2D eigenvalue weighted by Gasteiger charge is -2.61. The van der Waals surface area contributed by atoms with E-state index in [0.717, 1.165) is 5.39 Å². The Labute approximate surface area is 177 Å². The summed E-state index contributed by atoms with van der Waals surface area (Å²) in [6.45, 7) is -0.522. The van der Waals surface area contributed by atoms with Gasteiger partial charge >= 0.3 is 0 Å². The number of rotatable bonds is 7. The van der Waals surface area contributed by atoms with Gasteiger partial charge in [0.1, 0.15) is 17.8 Å². The number of aromatic nitrogens is 3. The molecule has 1 aliphatic heterocycles. The molecule has 1 saturated heterocycles. The average molecular weight is 465 g/mol. The van der Waals surface area contributed by atoms with Crippen LogP contribution in [-0.4, -0.2) is 70.6 Å². The second kappa shape index (κ2) is 7.23. The number of anilines is 1. The zero-order chi connectivity index (χ0) is 21.9. The van der Waals surface area contributed by atoms with Crippen LogP contribution in [0.3, 0.4) is 0 Å². The Hall–Kier alpha value is -1.60. The Morgan fingerprint density at radius 3 is 2.67 bits per heavy atom. The molecule has 0 bridgehead atoms. The molecule has 3 N–H and O–H groups in total. The first-order valence-electron chi connectivity index (χ1n) is 9.43. The largest absolute Gasteiger partial charge is 0.396 e. The first-order valence-corrected chi connectivity index (χ1v) is 11.3. The minimum atomic E-state index is -4.29. The van der Waals surface area contributed by atoms with E-state index in [0.29, 0.717) is 46.7 Å². The van der Waals surface area contributed by atoms with Crippen molar-refractivity contribution in [3.63, 3.8) is 0 Å². The SMILES string of the molecule is Cn1cc(Cl)c2c(N3CC4(CC(N(CC(F)(F)CCO)S(N)(=O)=O)C4)C3)ncnc21. The van der Waals surface area contributed by atoms with Gasteiger partial charge in [0.2, 0.25) is 0 Å². The molecule has 1 aliphatic carbocycles. The summed E-state index contributed by atoms with van der Waals surface area (Å²) in [5, 5.41) is 15.3. The lowest BCUT2D eigenvalue weighted by Crippen LogP contribution is -2.68. The summed E-state index contributed by atoms with van der Waals surface area (Å²) in [7, 11) is -2.45. The summed E-state index contributed by atoms with van der Waals surface area (Å²) in [5.41, 5.74) is 0.544. The molecule has 1 spiro atoms. The van der Waals surface area contributed by atoms with Crippen LogP contribution in [0.15, 0.2) is 12.5 Å². The van der Waals surface area contributed by atoms with Crippen molar-refractivity contribution in [3.8, 4) is 0 Å². The monoisotopic (exact) mass is 464 g/mol. The molecular formula is C17H23ClF2N6O3S. The van der Waals surface area contributed by atoms with Crippen molar-refractivity contribution < 1.29 is 22.3 Å². The van der Waals surface area contributed by atoms with Crippen molar-refractivity contribution >= 4 is 38.7 Å². The Bertz CT molecular complexity index is 1060. The van der Waals surface area contributed by atoms with E-state index in [4.69, 9.17) is 21.8 Å². The number of fused-ring (bicyclic) bond motifs is 1. The fraction of sp³-hybridized carbons (Fsp3) is 0.647. The number of halogens is 3. The van der Waals surface area contributed by atoms with Crippen LogP contribution in [-0.2, 0) is 17.3 Å². The van der Waals surface area contributed by atoms with Gasteiger partial charge < -0.3 is 14.6 Å². The molecule has 4 rings (SSSR count). The molecule has 0 atom stereocenters. The first-order chi connectivity index (χ1) is 13.9. The summed E-state index contributed by atoms with van der Waals surface area (Å²) < 4.78 is 54.1. The molecule has 166 valence electrons. The van der Waals surface area contributed by atoms with Crippen LogP contribution in [0.2, 0.25) is 5.02 Å². The minimum absolute atomic E-state index is 0.168. The molecule has 0 amide bonds. The van der Waals surface area contributed by atoms with E-state index in [1.54, 1.807) is 6.20 Å². The number of aliphatic hydroxyl groups is 1. The molecule has 0 unspecified atom stereocenters. The molecule has 30 heavy (non-hydrogen) atoms. The highest BCUT2D eigenvalue weighted by Gasteiger charge is 2.56. The third-order valence-electron chi connectivity index (χ3n) is 5.98. The fourth-order valence-corrected chi connectivity index (χ4v) is 5.85. The molecule has 2 aromatic heterocycles. The summed E-state index contributed by atoms with van der Waals surface area (Å²) in [4.78, 5) is 10.6. The topological polar surface area (TPSA) is 118 Å². The van der Waals surface area contributed by atoms with Crippen LogP contribution >= 0.6 is 11.6 Å². The zero-order valence-corrected chi connectivity index (χ0v) is 17.9. The lowest BCUT2D eigenvalue weighted by atomic mass is 9.60. The van der Waals surface area contributed by atoms with Gasteiger partial charge in [-0.05, 0) is 12.8 Å². The van der Waals surface area contributed by atoms with Gasteiger partial charge in [0.15, 0.2) is 0 Å². The van der Waals surface area contributed by atoms with Crippen LogP contribution in [0.4, 0.5) is 14.6 Å². The average Bonchev–Trinajstić information content (AvgIpc) is 2.85. The summed E-state index contributed by atoms with van der Waals surface area (Å²) in [6.07, 6.45) is 3.29. The van der Waals surface area contributed by atoms with Gasteiger partial charge in [-0.15, -0.1) is 0 Å². The van der Waals surface area contributed by atoms with Gasteiger partial charge in [-0.25, -0.2) is 23.9 Å². The standard InChI is InChI=1S/C17H23ClF2N6O3S/c1-24-6-12(18)13-14(24)22-10-23-15(13)25-7-16(8-25)4-11(5-16)26(30(21,28)29)9-17(19,20)2-3-27/h6,10-11,27H,2-5,7-9H2,1H3,(H2,21,28,29). The molecule has 2 aliphatic rings. The Morgan fingerprint density at radius 1 is 1.40 bits per heavy atom. The maximum absolute atomic E-state index is 13.9. The second-order valence-electron chi connectivity index (χ2n) is 8.32. The van der Waals surface area contributed by atoms with E-state index in [9.17, 15) is 17.2 Å². The minimum Gasteiger partial charge on any atom is -0.396 e. The van der Waals surface area contributed by atoms with Gasteiger partial charge in [0, 0.05) is 50.8 Å². The third kappa shape index (κ3) is 3.75. The zero-order valence-electron chi connectivity index (χ0n) is 16.3. The number of nitrogens with two attached hydrogens (primary N) is 1. The molecular weight excluding hydrogens is 442 g/mol. The lowest BCUT2D eigenvalue weighted by molar-refractivity contribution is -0.0638. The van der Waals surface area contributed by atoms with Crippen molar-refractivity contribution in [1.29, 1.82) is 0 Å². The normalized spacial score (nSPS) is 19.5. The van der Waals surface area contributed by atoms with Crippen LogP contribution in [0.5, 0.6) is 0 Å². The van der Waals surface area contributed by atoms with E-state index in [2.05, 4.69) is 9.97 Å². The van der Waals surface area contributed by atoms with E-state index in [1.165, 1.54) is 6.33 Å². The molecule has 2 aromatic rings. The highest BCUT2D eigenvalue weighted by Crippen LogP contribution is 2.52. The third-order valence-corrected chi connectivity index (χ3v) is 7.34. The van der Waals surface area contributed by atoms with Gasteiger partial charge in [-0.2, -0.15) is 12.7 Å². The van der Waals surface area contributed by atoms with Gasteiger partial charge in [0.05, 0.1) is 17.0 Å². The molecule has 0 aromatic carbocycles. The fourth-order valence-electron chi connectivity index (χ4n) is 4.60. The van der Waals surface area contributed by atoms with E-state index >= 15 is 0 Å². The quantitative estimate of drug-likeness (QED) is 0.634. The van der Waals surface area contributed by atoms with Gasteiger partial charge in [0.25, 0.3) is 16.1 Å². The highest BCUT2D eigenvalue weighted by molar-refractivity contribution is 7.86. The number of hydrogen-bond donors (Lipinski definition) is 2. The number of hydrogen-bond acceptors (Lipinski definition) is 6. The van der Waals surface area contributed by atoms with Gasteiger partial charge in [-0.3, -0.25) is 0 Å². The molecule has 13 heteroatoms. The molecule has 3 heterocycles.